The van der Waals surface area contributed by atoms with Crippen LogP contribution >= 0.6 is 0 Å². The lowest BCUT2D eigenvalue weighted by molar-refractivity contribution is -0.176. The van der Waals surface area contributed by atoms with E-state index < -0.39 is 34.2 Å². The number of hydrogen-bond acceptors (Lipinski definition) is 8. The normalized spacial score (nSPS) is 41.3. The van der Waals surface area contributed by atoms with Gasteiger partial charge in [0.15, 0.2) is 35.2 Å². The van der Waals surface area contributed by atoms with E-state index in [2.05, 4.69) is 26.9 Å². The summed E-state index contributed by atoms with van der Waals surface area (Å²) in [4.78, 5) is 9.05. The van der Waals surface area contributed by atoms with Crippen LogP contribution in [0, 0.1) is 11.8 Å². The van der Waals surface area contributed by atoms with E-state index in [1.54, 1.807) is 12.1 Å². The van der Waals surface area contributed by atoms with E-state index in [0.717, 1.165) is 85.5 Å². The van der Waals surface area contributed by atoms with Crippen LogP contribution in [0.4, 0.5) is 0 Å². The molecule has 2 spiro atoms. The number of benzene rings is 2. The highest BCUT2D eigenvalue weighted by Crippen LogP contribution is 2.72. The molecule has 0 unspecified atom stereocenters. The Bertz CT molecular complexity index is 1910. The first kappa shape index (κ1) is 27.5. The number of likely N-dealkylation sites (tertiary alicyclic amines) is 2. The average Bonchev–Trinajstić information content (AvgIpc) is 3.98. The zero-order valence-electron chi connectivity index (χ0n) is 27.7. The summed E-state index contributed by atoms with van der Waals surface area (Å²) in [6.07, 6.45) is 8.06. The van der Waals surface area contributed by atoms with Gasteiger partial charge in [0.25, 0.3) is 0 Å². The number of aromatic amines is 1. The molecule has 10 aliphatic rings. The number of hydrogen-bond donors (Lipinski definition) is 5. The minimum atomic E-state index is -1.09. The van der Waals surface area contributed by atoms with Crippen molar-refractivity contribution in [2.24, 2.45) is 11.8 Å². The van der Waals surface area contributed by atoms with E-state index in [4.69, 9.17) is 9.47 Å². The molecule has 4 fully saturated rings. The van der Waals surface area contributed by atoms with Crippen molar-refractivity contribution in [3.05, 3.63) is 69.0 Å². The molecule has 4 bridgehead atoms. The zero-order chi connectivity index (χ0) is 32.4. The van der Waals surface area contributed by atoms with Crippen molar-refractivity contribution in [2.45, 2.75) is 111 Å². The average molecular weight is 662 g/mol. The quantitative estimate of drug-likeness (QED) is 0.286. The van der Waals surface area contributed by atoms with Gasteiger partial charge in [-0.15, -0.1) is 0 Å². The molecule has 0 radical (unpaired) electrons. The largest absolute Gasteiger partial charge is 0.504 e. The van der Waals surface area contributed by atoms with Crippen LogP contribution in [0.5, 0.6) is 23.0 Å². The van der Waals surface area contributed by atoms with Crippen LogP contribution < -0.4 is 9.47 Å². The molecule has 13 rings (SSSR count). The summed E-state index contributed by atoms with van der Waals surface area (Å²) in [7, 11) is 0. The number of H-pyrrole nitrogens is 1. The molecular formula is C40H43N3O6. The summed E-state index contributed by atoms with van der Waals surface area (Å²) in [5.41, 5.74) is 4.93. The Hall–Kier alpha value is -3.24. The fourth-order valence-electron chi connectivity index (χ4n) is 13.4. The smallest absolute Gasteiger partial charge is 0.166 e. The molecule has 9 nitrogen and oxygen atoms in total. The zero-order valence-corrected chi connectivity index (χ0v) is 27.7. The Morgan fingerprint density at radius 3 is 1.55 bits per heavy atom. The fourth-order valence-corrected chi connectivity index (χ4v) is 13.4. The molecule has 5 N–H and O–H groups in total. The lowest BCUT2D eigenvalue weighted by Gasteiger charge is -2.63. The van der Waals surface area contributed by atoms with E-state index >= 15 is 0 Å². The van der Waals surface area contributed by atoms with E-state index in [-0.39, 0.29) is 23.6 Å². The second-order valence-corrected chi connectivity index (χ2v) is 17.8. The molecular weight excluding hydrogens is 618 g/mol. The van der Waals surface area contributed by atoms with E-state index in [1.165, 1.54) is 36.8 Å². The van der Waals surface area contributed by atoms with E-state index in [9.17, 15) is 20.4 Å². The maximum absolute atomic E-state index is 13.5. The van der Waals surface area contributed by atoms with Gasteiger partial charge < -0.3 is 34.9 Å². The van der Waals surface area contributed by atoms with Crippen molar-refractivity contribution >= 4 is 0 Å². The molecule has 6 aliphatic carbocycles. The predicted molar refractivity (Wildman–Crippen MR) is 177 cm³/mol. The van der Waals surface area contributed by atoms with Crippen LogP contribution in [0.2, 0.25) is 0 Å². The number of piperidine rings is 2. The molecule has 0 amide bonds. The van der Waals surface area contributed by atoms with Gasteiger partial charge in [-0.1, -0.05) is 12.1 Å². The lowest BCUT2D eigenvalue weighted by Crippen LogP contribution is -2.75. The van der Waals surface area contributed by atoms with Crippen molar-refractivity contribution in [3.8, 4) is 23.0 Å². The van der Waals surface area contributed by atoms with Gasteiger partial charge in [0.2, 0.25) is 0 Å². The summed E-state index contributed by atoms with van der Waals surface area (Å²) in [6.45, 7) is 3.84. The maximum Gasteiger partial charge on any atom is 0.166 e. The number of aliphatic hydroxyl groups is 2. The summed E-state index contributed by atoms with van der Waals surface area (Å²) in [5.74, 6) is 2.77. The van der Waals surface area contributed by atoms with E-state index in [1.807, 2.05) is 0 Å². The van der Waals surface area contributed by atoms with Gasteiger partial charge in [-0.05, 0) is 111 Å². The number of rotatable bonds is 4. The van der Waals surface area contributed by atoms with Gasteiger partial charge in [0.05, 0.1) is 33.4 Å². The number of nitrogens with zero attached hydrogens (tertiary/aromatic N) is 2. The van der Waals surface area contributed by atoms with Crippen molar-refractivity contribution in [1.29, 1.82) is 0 Å². The fraction of sp³-hybridized carbons (Fsp3) is 0.600. The highest BCUT2D eigenvalue weighted by atomic mass is 16.5. The highest BCUT2D eigenvalue weighted by molar-refractivity contribution is 5.68. The summed E-state index contributed by atoms with van der Waals surface area (Å²) in [5, 5.41) is 49.4. The minimum absolute atomic E-state index is 0.0535. The van der Waals surface area contributed by atoms with Crippen LogP contribution in [-0.4, -0.2) is 84.7 Å². The van der Waals surface area contributed by atoms with Gasteiger partial charge >= 0.3 is 0 Å². The summed E-state index contributed by atoms with van der Waals surface area (Å²) < 4.78 is 13.9. The van der Waals surface area contributed by atoms with Crippen LogP contribution in [-0.2, 0) is 36.5 Å². The molecule has 2 aromatic carbocycles. The molecule has 1 aromatic heterocycles. The van der Waals surface area contributed by atoms with Crippen LogP contribution in [0.25, 0.3) is 0 Å². The number of phenols is 2. The number of phenolic OH excluding ortho intramolecular Hbond substituents is 2. The third-order valence-electron chi connectivity index (χ3n) is 15.7. The lowest BCUT2D eigenvalue weighted by atomic mass is 9.47. The first-order valence-electron chi connectivity index (χ1n) is 19.0. The molecule has 5 heterocycles. The molecule has 4 aliphatic heterocycles. The predicted octanol–water partition coefficient (Wildman–Crippen LogP) is 3.82. The number of fused-ring (bicyclic) bond motifs is 5. The van der Waals surface area contributed by atoms with Crippen molar-refractivity contribution in [3.63, 3.8) is 0 Å². The van der Waals surface area contributed by atoms with Crippen LogP contribution in [0.1, 0.15) is 95.5 Å². The van der Waals surface area contributed by atoms with Gasteiger partial charge in [0, 0.05) is 49.1 Å². The second kappa shape index (κ2) is 8.28. The molecule has 3 aromatic rings. The van der Waals surface area contributed by atoms with Crippen molar-refractivity contribution < 1.29 is 29.9 Å². The maximum atomic E-state index is 13.5. The number of nitrogens with one attached hydrogen (secondary N) is 1. The molecule has 49 heavy (non-hydrogen) atoms. The van der Waals surface area contributed by atoms with Crippen LogP contribution in [0.3, 0.4) is 0 Å². The third kappa shape index (κ3) is 2.87. The SMILES string of the molecule is Oc1ccc2c3c1O[C@H]1c4[nH]c5c(c4C[C@]4(O)[C@H](C2)N(CC2CC2)CC[C@]314)C[C@]1(O)[C@H]2Cc3ccc(O)c4c3[C@@]1(CCN2CC1CC1)[C@H]5O4. The molecule has 8 atom stereocenters. The standard InChI is InChI=1S/C40H43N3O6/c44-25-7-5-21-13-27-39(46)15-23-24-16-40(47)28-14-22-6-8-26(45)34-30(22)38(40,10-12-43(28)18-20-3-4-20)36(49-34)32(24)41-31(23)35-37(39,29(21)33(25)48-35)9-11-42(27)17-19-1-2-19/h5-8,19-20,27-28,35-36,41,44-47H,1-4,9-18H2/t27-,28+,35-,36-,37-,38-,39-,40-/m0/s1. The number of ether oxygens (including phenoxy) is 2. The first-order valence-corrected chi connectivity index (χ1v) is 19.0. The molecule has 2 saturated heterocycles. The Labute approximate surface area is 284 Å². The van der Waals surface area contributed by atoms with Crippen molar-refractivity contribution in [1.82, 2.24) is 14.8 Å². The molecule has 9 heteroatoms. The minimum Gasteiger partial charge on any atom is -0.504 e. The Morgan fingerprint density at radius 1 is 0.673 bits per heavy atom. The molecule has 2 saturated carbocycles. The van der Waals surface area contributed by atoms with Crippen molar-refractivity contribution in [2.75, 3.05) is 26.2 Å². The van der Waals surface area contributed by atoms with Gasteiger partial charge in [-0.2, -0.15) is 0 Å². The number of aromatic nitrogens is 1. The first-order chi connectivity index (χ1) is 23.7. The van der Waals surface area contributed by atoms with Crippen LogP contribution in [0.15, 0.2) is 24.3 Å². The molecule has 254 valence electrons. The Kier molecular flexibility index (Phi) is 4.64. The second-order valence-electron chi connectivity index (χ2n) is 17.8. The monoisotopic (exact) mass is 661 g/mol. The Balaban J connectivity index is 1.03. The summed E-state index contributed by atoms with van der Waals surface area (Å²) >= 11 is 0. The van der Waals surface area contributed by atoms with Gasteiger partial charge in [0.1, 0.15) is 0 Å². The topological polar surface area (TPSA) is 122 Å². The van der Waals surface area contributed by atoms with E-state index in [0.29, 0.717) is 36.2 Å². The van der Waals surface area contributed by atoms with Gasteiger partial charge in [-0.3, -0.25) is 9.80 Å². The summed E-state index contributed by atoms with van der Waals surface area (Å²) in [6, 6.07) is 7.56. The van der Waals surface area contributed by atoms with Gasteiger partial charge in [-0.25, -0.2) is 0 Å². The third-order valence-corrected chi connectivity index (χ3v) is 15.7. The number of aromatic hydroxyl groups is 2. The highest BCUT2D eigenvalue weighted by Gasteiger charge is 2.76. The Morgan fingerprint density at radius 2 is 1.12 bits per heavy atom.